The highest BCUT2D eigenvalue weighted by molar-refractivity contribution is 5.94. The number of non-ortho nitro benzene ring substituents is 1. The van der Waals surface area contributed by atoms with Gasteiger partial charge in [0.05, 0.1) is 22.6 Å². The molecule has 0 aliphatic rings. The average molecular weight is 223 g/mol. The van der Waals surface area contributed by atoms with E-state index in [0.29, 0.717) is 6.07 Å². The van der Waals surface area contributed by atoms with Crippen molar-refractivity contribution in [1.29, 1.82) is 5.26 Å². The Bertz CT molecular complexity index is 481. The summed E-state index contributed by atoms with van der Waals surface area (Å²) in [6.45, 7) is -0.255. The van der Waals surface area contributed by atoms with Crippen LogP contribution in [0.4, 0.5) is 10.1 Å². The van der Waals surface area contributed by atoms with Crippen molar-refractivity contribution in [3.05, 3.63) is 39.7 Å². The van der Waals surface area contributed by atoms with Gasteiger partial charge in [-0.25, -0.2) is 4.39 Å². The van der Waals surface area contributed by atoms with Gasteiger partial charge in [0, 0.05) is 6.07 Å². The van der Waals surface area contributed by atoms with Crippen molar-refractivity contribution in [2.45, 2.75) is 0 Å². The Morgan fingerprint density at radius 3 is 2.81 bits per heavy atom. The number of hydrogen-bond acceptors (Lipinski definition) is 4. The van der Waals surface area contributed by atoms with Gasteiger partial charge in [0.25, 0.3) is 11.6 Å². The van der Waals surface area contributed by atoms with Crippen molar-refractivity contribution in [2.75, 3.05) is 6.54 Å². The summed E-state index contributed by atoms with van der Waals surface area (Å²) in [4.78, 5) is 20.8. The third-order valence-electron chi connectivity index (χ3n) is 1.74. The predicted molar refractivity (Wildman–Crippen MR) is 51.0 cm³/mol. The number of nitro benzene ring substituents is 1. The summed E-state index contributed by atoms with van der Waals surface area (Å²) in [6.07, 6.45) is 0. The van der Waals surface area contributed by atoms with Crippen LogP contribution in [0.1, 0.15) is 10.4 Å². The second-order valence-corrected chi connectivity index (χ2v) is 2.76. The molecule has 7 heteroatoms. The van der Waals surface area contributed by atoms with E-state index in [4.69, 9.17) is 5.26 Å². The van der Waals surface area contributed by atoms with Gasteiger partial charge in [0.15, 0.2) is 0 Å². The van der Waals surface area contributed by atoms with Crippen LogP contribution in [0.25, 0.3) is 0 Å². The molecule has 1 rings (SSSR count). The Kier molecular flexibility index (Phi) is 3.50. The van der Waals surface area contributed by atoms with Crippen LogP contribution in [0, 0.1) is 27.3 Å². The van der Waals surface area contributed by atoms with Crippen LogP contribution in [0.15, 0.2) is 18.2 Å². The highest BCUT2D eigenvalue weighted by Crippen LogP contribution is 2.16. The standard InChI is InChI=1S/C9H6FN3O3/c10-8-5-6(13(15)16)1-2-7(8)9(14)12-4-3-11/h1-2,5H,4H2,(H,12,14). The van der Waals surface area contributed by atoms with E-state index in [9.17, 15) is 19.3 Å². The molecule has 6 nitrogen and oxygen atoms in total. The Morgan fingerprint density at radius 1 is 1.62 bits per heavy atom. The molecule has 82 valence electrons. The van der Waals surface area contributed by atoms with Crippen molar-refractivity contribution < 1.29 is 14.1 Å². The van der Waals surface area contributed by atoms with E-state index in [1.165, 1.54) is 0 Å². The molecule has 1 aromatic carbocycles. The van der Waals surface area contributed by atoms with Crippen molar-refractivity contribution in [3.63, 3.8) is 0 Å². The number of nitrogens with one attached hydrogen (secondary N) is 1. The van der Waals surface area contributed by atoms with E-state index in [1.807, 2.05) is 0 Å². The van der Waals surface area contributed by atoms with Crippen LogP contribution in [-0.4, -0.2) is 17.4 Å². The Labute approximate surface area is 89.4 Å². The molecule has 16 heavy (non-hydrogen) atoms. The lowest BCUT2D eigenvalue weighted by Crippen LogP contribution is -2.24. The number of amides is 1. The fourth-order valence-corrected chi connectivity index (χ4v) is 1.02. The first-order chi connectivity index (χ1) is 7.56. The molecular formula is C9H6FN3O3. The summed E-state index contributed by atoms with van der Waals surface area (Å²) in [5, 5.41) is 20.6. The number of hydrogen-bond donors (Lipinski definition) is 1. The second-order valence-electron chi connectivity index (χ2n) is 2.76. The summed E-state index contributed by atoms with van der Waals surface area (Å²) in [5.74, 6) is -1.78. The normalized spacial score (nSPS) is 9.25. The van der Waals surface area contributed by atoms with E-state index < -0.39 is 22.3 Å². The second kappa shape index (κ2) is 4.84. The molecule has 0 aromatic heterocycles. The number of carbonyl (C=O) groups excluding carboxylic acids is 1. The van der Waals surface area contributed by atoms with E-state index in [-0.39, 0.29) is 12.1 Å². The zero-order valence-electron chi connectivity index (χ0n) is 7.94. The molecule has 1 N–H and O–H groups in total. The van der Waals surface area contributed by atoms with E-state index in [2.05, 4.69) is 5.32 Å². The summed E-state index contributed by atoms with van der Waals surface area (Å²) in [5.41, 5.74) is -0.768. The van der Waals surface area contributed by atoms with E-state index in [1.54, 1.807) is 6.07 Å². The predicted octanol–water partition coefficient (Wildman–Crippen LogP) is 0.987. The van der Waals surface area contributed by atoms with Gasteiger partial charge in [-0.1, -0.05) is 0 Å². The van der Waals surface area contributed by atoms with Gasteiger partial charge in [-0.2, -0.15) is 5.26 Å². The summed E-state index contributed by atoms with van der Waals surface area (Å²) >= 11 is 0. The fourth-order valence-electron chi connectivity index (χ4n) is 1.02. The number of halogens is 1. The van der Waals surface area contributed by atoms with Gasteiger partial charge >= 0.3 is 0 Å². The smallest absolute Gasteiger partial charge is 0.272 e. The van der Waals surface area contributed by atoms with Crippen LogP contribution >= 0.6 is 0 Å². The molecule has 0 heterocycles. The van der Waals surface area contributed by atoms with Gasteiger partial charge in [-0.15, -0.1) is 0 Å². The molecule has 0 aliphatic heterocycles. The van der Waals surface area contributed by atoms with Crippen LogP contribution < -0.4 is 5.32 Å². The first-order valence-corrected chi connectivity index (χ1v) is 4.15. The Morgan fingerprint density at radius 2 is 2.31 bits per heavy atom. The monoisotopic (exact) mass is 223 g/mol. The largest absolute Gasteiger partial charge is 0.339 e. The number of nitriles is 1. The number of carbonyl (C=O) groups is 1. The first-order valence-electron chi connectivity index (χ1n) is 4.15. The highest BCUT2D eigenvalue weighted by Gasteiger charge is 2.15. The molecule has 0 radical (unpaired) electrons. The molecular weight excluding hydrogens is 217 g/mol. The SMILES string of the molecule is N#CCNC(=O)c1ccc([N+](=O)[O-])cc1F. The lowest BCUT2D eigenvalue weighted by molar-refractivity contribution is -0.385. The molecule has 1 amide bonds. The Hall–Kier alpha value is -2.49. The van der Waals surface area contributed by atoms with E-state index in [0.717, 1.165) is 12.1 Å². The quantitative estimate of drug-likeness (QED) is 0.469. The first kappa shape index (κ1) is 11.6. The molecule has 0 fully saturated rings. The average Bonchev–Trinajstić information content (AvgIpc) is 2.25. The van der Waals surface area contributed by atoms with Crippen molar-refractivity contribution in [3.8, 4) is 6.07 Å². The van der Waals surface area contributed by atoms with Crippen molar-refractivity contribution in [1.82, 2.24) is 5.32 Å². The minimum atomic E-state index is -0.996. The summed E-state index contributed by atoms with van der Waals surface area (Å²) in [6, 6.07) is 4.33. The molecule has 0 spiro atoms. The number of rotatable bonds is 3. The molecule has 0 atom stereocenters. The lowest BCUT2D eigenvalue weighted by Gasteiger charge is -2.01. The van der Waals surface area contributed by atoms with Crippen LogP contribution in [0.3, 0.4) is 0 Å². The maximum absolute atomic E-state index is 13.2. The zero-order valence-corrected chi connectivity index (χ0v) is 7.94. The maximum atomic E-state index is 13.2. The third-order valence-corrected chi connectivity index (χ3v) is 1.74. The minimum Gasteiger partial charge on any atom is -0.339 e. The minimum absolute atomic E-state index is 0.255. The van der Waals surface area contributed by atoms with Gasteiger partial charge in [-0.3, -0.25) is 14.9 Å². The molecule has 0 aliphatic carbocycles. The molecule has 0 unspecified atom stereocenters. The van der Waals surface area contributed by atoms with E-state index >= 15 is 0 Å². The maximum Gasteiger partial charge on any atom is 0.272 e. The number of benzene rings is 1. The van der Waals surface area contributed by atoms with Crippen LogP contribution in [-0.2, 0) is 0 Å². The summed E-state index contributed by atoms with van der Waals surface area (Å²) < 4.78 is 13.2. The molecule has 0 saturated carbocycles. The third kappa shape index (κ3) is 2.51. The van der Waals surface area contributed by atoms with Crippen LogP contribution in [0.2, 0.25) is 0 Å². The Balaban J connectivity index is 2.95. The molecule has 1 aromatic rings. The van der Waals surface area contributed by atoms with Crippen molar-refractivity contribution >= 4 is 11.6 Å². The lowest BCUT2D eigenvalue weighted by atomic mass is 10.2. The fraction of sp³-hybridized carbons (Fsp3) is 0.111. The van der Waals surface area contributed by atoms with Crippen molar-refractivity contribution in [2.24, 2.45) is 0 Å². The number of nitrogens with zero attached hydrogens (tertiary/aromatic N) is 2. The van der Waals surface area contributed by atoms with Crippen LogP contribution in [0.5, 0.6) is 0 Å². The van der Waals surface area contributed by atoms with Gasteiger partial charge in [0.1, 0.15) is 12.4 Å². The van der Waals surface area contributed by atoms with Gasteiger partial charge < -0.3 is 5.32 Å². The number of nitro groups is 1. The highest BCUT2D eigenvalue weighted by atomic mass is 19.1. The summed E-state index contributed by atoms with van der Waals surface area (Å²) in [7, 11) is 0. The topological polar surface area (TPSA) is 96.0 Å². The zero-order chi connectivity index (χ0) is 12.1. The van der Waals surface area contributed by atoms with Gasteiger partial charge in [0.2, 0.25) is 0 Å². The van der Waals surface area contributed by atoms with Gasteiger partial charge in [-0.05, 0) is 6.07 Å². The molecule has 0 saturated heterocycles. The molecule has 0 bridgehead atoms.